The molecule has 0 spiro atoms. The summed E-state index contributed by atoms with van der Waals surface area (Å²) in [4.78, 5) is 12.0. The van der Waals surface area contributed by atoms with E-state index in [9.17, 15) is 9.90 Å². The van der Waals surface area contributed by atoms with E-state index in [-0.39, 0.29) is 5.75 Å². The van der Waals surface area contributed by atoms with Gasteiger partial charge in [0.15, 0.2) is 6.10 Å². The molecule has 0 aromatic heterocycles. The molecule has 0 heterocycles. The minimum atomic E-state index is -0.744. The van der Waals surface area contributed by atoms with Gasteiger partial charge in [-0.2, -0.15) is 5.10 Å². The van der Waals surface area contributed by atoms with E-state index in [1.807, 2.05) is 0 Å². The minimum absolute atomic E-state index is 0.0293. The number of carbonyl (C=O) groups is 1. The zero-order valence-corrected chi connectivity index (χ0v) is 16.4. The molecule has 0 bridgehead atoms. The van der Waals surface area contributed by atoms with E-state index in [0.717, 1.165) is 4.47 Å². The second-order valence-corrected chi connectivity index (χ2v) is 6.98. The largest absolute Gasteiger partial charge is 0.506 e. The van der Waals surface area contributed by atoms with Gasteiger partial charge in [-0.3, -0.25) is 4.79 Å². The molecule has 0 aliphatic rings. The number of ether oxygens (including phenoxy) is 1. The number of nitrogens with zero attached hydrogens (tertiary/aromatic N) is 1. The van der Waals surface area contributed by atoms with Crippen molar-refractivity contribution in [2.45, 2.75) is 13.0 Å². The fourth-order valence-electron chi connectivity index (χ4n) is 1.71. The molecule has 2 N–H and O–H groups in total. The number of hydrazone groups is 1. The zero-order chi connectivity index (χ0) is 17.7. The Kier molecular flexibility index (Phi) is 6.65. The van der Waals surface area contributed by atoms with Crippen molar-refractivity contribution in [2.24, 2.45) is 5.10 Å². The summed E-state index contributed by atoms with van der Waals surface area (Å²) in [7, 11) is 0. The Bertz CT molecular complexity index is 767. The lowest BCUT2D eigenvalue weighted by Crippen LogP contribution is -2.33. The lowest BCUT2D eigenvalue weighted by atomic mass is 10.2. The van der Waals surface area contributed by atoms with Crippen molar-refractivity contribution in [3.63, 3.8) is 0 Å². The highest BCUT2D eigenvalue weighted by Gasteiger charge is 2.14. The first-order chi connectivity index (χ1) is 11.4. The Labute approximate surface area is 160 Å². The molecule has 0 aliphatic heterocycles. The number of phenolic OH excluding ortho intramolecular Hbond substituents is 1. The molecule has 0 saturated heterocycles. The number of aromatic hydroxyl groups is 1. The first-order valence-corrected chi connectivity index (χ1v) is 8.76. The Balaban J connectivity index is 1.96. The van der Waals surface area contributed by atoms with E-state index in [1.165, 1.54) is 6.21 Å². The van der Waals surface area contributed by atoms with Gasteiger partial charge >= 0.3 is 0 Å². The second kappa shape index (κ2) is 8.50. The summed E-state index contributed by atoms with van der Waals surface area (Å²) in [5, 5.41) is 14.3. The van der Waals surface area contributed by atoms with E-state index in [1.54, 1.807) is 43.3 Å². The summed E-state index contributed by atoms with van der Waals surface area (Å²) in [6.45, 7) is 1.60. The fourth-order valence-corrected chi connectivity index (χ4v) is 3.10. The third kappa shape index (κ3) is 5.22. The summed E-state index contributed by atoms with van der Waals surface area (Å²) in [6.07, 6.45) is 0.601. The second-order valence-electron chi connectivity index (χ2n) is 4.77. The molecule has 5 nitrogen and oxygen atoms in total. The molecule has 1 unspecified atom stereocenters. The van der Waals surface area contributed by atoms with E-state index in [0.29, 0.717) is 20.8 Å². The topological polar surface area (TPSA) is 70.9 Å². The Morgan fingerprint density at radius 2 is 2.00 bits per heavy atom. The SMILES string of the molecule is CC(Oc1ccc(Cl)cc1)C(=O)N/N=C/c1cc(Br)cc(Br)c1O. The normalized spacial score (nSPS) is 12.2. The smallest absolute Gasteiger partial charge is 0.280 e. The maximum Gasteiger partial charge on any atom is 0.280 e. The molecular weight excluding hydrogens is 463 g/mol. The Hall–Kier alpha value is -1.57. The van der Waals surface area contributed by atoms with Crippen LogP contribution in [-0.4, -0.2) is 23.3 Å². The van der Waals surface area contributed by atoms with E-state index in [2.05, 4.69) is 42.4 Å². The van der Waals surface area contributed by atoms with Crippen molar-refractivity contribution in [3.05, 3.63) is 55.9 Å². The lowest BCUT2D eigenvalue weighted by molar-refractivity contribution is -0.127. The highest BCUT2D eigenvalue weighted by Crippen LogP contribution is 2.30. The number of halogens is 3. The van der Waals surface area contributed by atoms with Crippen LogP contribution in [0.4, 0.5) is 0 Å². The van der Waals surface area contributed by atoms with E-state index >= 15 is 0 Å². The molecule has 0 saturated carbocycles. The van der Waals surface area contributed by atoms with Gasteiger partial charge in [-0.05, 0) is 59.3 Å². The number of rotatable bonds is 5. The van der Waals surface area contributed by atoms with Gasteiger partial charge in [-0.25, -0.2) is 5.43 Å². The van der Waals surface area contributed by atoms with Gasteiger partial charge in [0.1, 0.15) is 11.5 Å². The molecule has 2 aromatic rings. The quantitative estimate of drug-likeness (QED) is 0.494. The minimum Gasteiger partial charge on any atom is -0.506 e. The number of benzene rings is 2. The highest BCUT2D eigenvalue weighted by atomic mass is 79.9. The van der Waals surface area contributed by atoms with Crippen LogP contribution < -0.4 is 10.2 Å². The molecule has 1 amide bonds. The van der Waals surface area contributed by atoms with Crippen molar-refractivity contribution in [1.82, 2.24) is 5.43 Å². The third-order valence-corrected chi connectivity index (χ3v) is 4.25. The molecule has 2 aromatic carbocycles. The van der Waals surface area contributed by atoms with Crippen molar-refractivity contribution in [2.75, 3.05) is 0 Å². The number of phenols is 1. The van der Waals surface area contributed by atoms with Crippen molar-refractivity contribution in [3.8, 4) is 11.5 Å². The molecule has 0 radical (unpaired) electrons. The highest BCUT2D eigenvalue weighted by molar-refractivity contribution is 9.11. The van der Waals surface area contributed by atoms with E-state index in [4.69, 9.17) is 16.3 Å². The van der Waals surface area contributed by atoms with Crippen LogP contribution >= 0.6 is 43.5 Å². The summed E-state index contributed by atoms with van der Waals surface area (Å²) < 4.78 is 6.77. The number of nitrogens with one attached hydrogen (secondary N) is 1. The molecule has 2 rings (SSSR count). The van der Waals surface area contributed by atoms with Crippen LogP contribution in [0.25, 0.3) is 0 Å². The summed E-state index contributed by atoms with van der Waals surface area (Å²) in [6, 6.07) is 10.1. The molecule has 1 atom stereocenters. The third-order valence-electron chi connectivity index (χ3n) is 2.93. The summed E-state index contributed by atoms with van der Waals surface area (Å²) in [5.41, 5.74) is 2.81. The number of hydrogen-bond donors (Lipinski definition) is 2. The van der Waals surface area contributed by atoms with Gasteiger partial charge in [0.25, 0.3) is 5.91 Å². The van der Waals surface area contributed by atoms with Gasteiger partial charge in [0.05, 0.1) is 10.7 Å². The maximum absolute atomic E-state index is 12.0. The van der Waals surface area contributed by atoms with Crippen LogP contribution in [0.15, 0.2) is 50.4 Å². The number of amides is 1. The number of hydrogen-bond acceptors (Lipinski definition) is 4. The average Bonchev–Trinajstić information content (AvgIpc) is 2.53. The van der Waals surface area contributed by atoms with Crippen molar-refractivity contribution >= 4 is 55.6 Å². The fraction of sp³-hybridized carbons (Fsp3) is 0.125. The predicted molar refractivity (Wildman–Crippen MR) is 101 cm³/mol. The molecular formula is C16H13Br2ClN2O3. The molecule has 24 heavy (non-hydrogen) atoms. The van der Waals surface area contributed by atoms with Crippen LogP contribution in [0.5, 0.6) is 11.5 Å². The molecule has 0 fully saturated rings. The maximum atomic E-state index is 12.0. The summed E-state index contributed by atoms with van der Waals surface area (Å²) in [5.74, 6) is 0.135. The number of carbonyl (C=O) groups excluding carboxylic acids is 1. The van der Waals surface area contributed by atoms with Crippen LogP contribution in [0.3, 0.4) is 0 Å². The van der Waals surface area contributed by atoms with E-state index < -0.39 is 12.0 Å². The monoisotopic (exact) mass is 474 g/mol. The molecule has 0 aliphatic carbocycles. The van der Waals surface area contributed by atoms with Gasteiger partial charge in [0.2, 0.25) is 0 Å². The zero-order valence-electron chi connectivity index (χ0n) is 12.5. The van der Waals surface area contributed by atoms with Crippen molar-refractivity contribution in [1.29, 1.82) is 0 Å². The standard InChI is InChI=1S/C16H13Br2ClN2O3/c1-9(24-13-4-2-12(19)3-5-13)16(23)21-20-8-10-6-11(17)7-14(18)15(10)22/h2-9,22H,1H3,(H,21,23)/b20-8+. The van der Waals surface area contributed by atoms with Crippen LogP contribution in [0.2, 0.25) is 5.02 Å². The lowest BCUT2D eigenvalue weighted by Gasteiger charge is -2.12. The van der Waals surface area contributed by atoms with Crippen LogP contribution in [0.1, 0.15) is 12.5 Å². The van der Waals surface area contributed by atoms with Gasteiger partial charge in [-0.15, -0.1) is 0 Å². The Morgan fingerprint density at radius 3 is 2.67 bits per heavy atom. The van der Waals surface area contributed by atoms with Gasteiger partial charge in [-0.1, -0.05) is 27.5 Å². The molecule has 126 valence electrons. The van der Waals surface area contributed by atoms with Crippen LogP contribution in [0, 0.1) is 0 Å². The predicted octanol–water partition coefficient (Wildman–Crippen LogP) is 4.49. The van der Waals surface area contributed by atoms with Crippen molar-refractivity contribution < 1.29 is 14.6 Å². The first kappa shape index (κ1) is 18.8. The average molecular weight is 477 g/mol. The molecule has 8 heteroatoms. The summed E-state index contributed by atoms with van der Waals surface area (Å²) >= 11 is 12.3. The van der Waals surface area contributed by atoms with Gasteiger partial charge in [0, 0.05) is 15.1 Å². The first-order valence-electron chi connectivity index (χ1n) is 6.80. The Morgan fingerprint density at radius 1 is 1.33 bits per heavy atom. The van der Waals surface area contributed by atoms with Crippen LogP contribution in [-0.2, 0) is 4.79 Å². The van der Waals surface area contributed by atoms with Gasteiger partial charge < -0.3 is 9.84 Å².